The Kier molecular flexibility index (Phi) is 3.53. The molecule has 1 saturated heterocycles. The fraction of sp³-hybridized carbons (Fsp3) is 0.533. The largest absolute Gasteiger partial charge is 0.508 e. The van der Waals surface area contributed by atoms with Crippen LogP contribution in [0.1, 0.15) is 23.2 Å². The molecule has 2 N–H and O–H groups in total. The van der Waals surface area contributed by atoms with Crippen molar-refractivity contribution in [2.75, 3.05) is 32.7 Å². The molecule has 1 aromatic carbocycles. The first-order chi connectivity index (χ1) is 9.61. The van der Waals surface area contributed by atoms with Gasteiger partial charge in [0, 0.05) is 44.4 Å². The molecule has 108 valence electrons. The van der Waals surface area contributed by atoms with Crippen LogP contribution in [-0.2, 0) is 0 Å². The van der Waals surface area contributed by atoms with E-state index in [1.807, 2.05) is 0 Å². The van der Waals surface area contributed by atoms with E-state index in [1.54, 1.807) is 4.90 Å². The van der Waals surface area contributed by atoms with E-state index >= 15 is 0 Å². The lowest BCUT2D eigenvalue weighted by Gasteiger charge is -2.34. The molecule has 0 aromatic heterocycles. The number of nitrogens with zero attached hydrogens (tertiary/aromatic N) is 2. The fourth-order valence-corrected chi connectivity index (χ4v) is 2.70. The molecule has 1 aromatic rings. The molecule has 1 saturated carbocycles. The number of rotatable bonds is 3. The van der Waals surface area contributed by atoms with Gasteiger partial charge in [0.2, 0.25) is 0 Å². The highest BCUT2D eigenvalue weighted by Crippen LogP contribution is 2.30. The number of phenolic OH excluding ortho intramolecular Hbond substituents is 2. The number of amides is 1. The molecule has 1 aliphatic carbocycles. The highest BCUT2D eigenvalue weighted by atomic mass is 16.3. The molecule has 3 rings (SSSR count). The molecule has 2 fully saturated rings. The van der Waals surface area contributed by atoms with E-state index in [2.05, 4.69) is 4.90 Å². The molecule has 1 amide bonds. The topological polar surface area (TPSA) is 64.0 Å². The molecule has 5 nitrogen and oxygen atoms in total. The van der Waals surface area contributed by atoms with Crippen molar-refractivity contribution in [3.05, 3.63) is 23.8 Å². The Morgan fingerprint density at radius 3 is 2.20 bits per heavy atom. The number of benzene rings is 1. The van der Waals surface area contributed by atoms with Crippen molar-refractivity contribution >= 4 is 5.91 Å². The van der Waals surface area contributed by atoms with Gasteiger partial charge >= 0.3 is 0 Å². The third kappa shape index (κ3) is 3.04. The molecule has 1 aliphatic heterocycles. The first-order valence-electron chi connectivity index (χ1n) is 7.16. The normalized spacial score (nSPS) is 20.1. The van der Waals surface area contributed by atoms with E-state index in [0.717, 1.165) is 25.6 Å². The fourth-order valence-electron chi connectivity index (χ4n) is 2.70. The van der Waals surface area contributed by atoms with Crippen molar-refractivity contribution in [2.45, 2.75) is 12.8 Å². The second-order valence-corrected chi connectivity index (χ2v) is 5.77. The Bertz CT molecular complexity index is 486. The molecular weight excluding hydrogens is 256 g/mol. The number of hydrogen-bond donors (Lipinski definition) is 2. The summed E-state index contributed by atoms with van der Waals surface area (Å²) in [7, 11) is 0. The van der Waals surface area contributed by atoms with Crippen LogP contribution in [0.15, 0.2) is 18.2 Å². The Morgan fingerprint density at radius 1 is 1.05 bits per heavy atom. The van der Waals surface area contributed by atoms with Gasteiger partial charge in [0.15, 0.2) is 0 Å². The predicted octanol–water partition coefficient (Wildman–Crippen LogP) is 1.27. The maximum atomic E-state index is 12.3. The van der Waals surface area contributed by atoms with Crippen LogP contribution in [0.3, 0.4) is 0 Å². The van der Waals surface area contributed by atoms with Gasteiger partial charge in [0.05, 0.1) is 0 Å². The first-order valence-corrected chi connectivity index (χ1v) is 7.16. The minimum Gasteiger partial charge on any atom is -0.508 e. The number of carbonyl (C=O) groups excluding carboxylic acids is 1. The molecular formula is C15H20N2O3. The van der Waals surface area contributed by atoms with Crippen molar-refractivity contribution < 1.29 is 15.0 Å². The van der Waals surface area contributed by atoms with Gasteiger partial charge < -0.3 is 15.1 Å². The summed E-state index contributed by atoms with van der Waals surface area (Å²) >= 11 is 0. The van der Waals surface area contributed by atoms with Crippen LogP contribution in [0, 0.1) is 5.92 Å². The second kappa shape index (κ2) is 5.32. The summed E-state index contributed by atoms with van der Waals surface area (Å²) in [4.78, 5) is 16.5. The Labute approximate surface area is 118 Å². The Balaban J connectivity index is 1.60. The van der Waals surface area contributed by atoms with Gasteiger partial charge in [-0.15, -0.1) is 0 Å². The molecule has 0 atom stereocenters. The van der Waals surface area contributed by atoms with Crippen LogP contribution in [0.2, 0.25) is 0 Å². The van der Waals surface area contributed by atoms with Gasteiger partial charge in [0.25, 0.3) is 5.91 Å². The Hall–Kier alpha value is -1.75. The van der Waals surface area contributed by atoms with Crippen molar-refractivity contribution in [2.24, 2.45) is 5.92 Å². The second-order valence-electron chi connectivity index (χ2n) is 5.77. The van der Waals surface area contributed by atoms with E-state index in [1.165, 1.54) is 31.0 Å². The van der Waals surface area contributed by atoms with Crippen LogP contribution in [0.25, 0.3) is 0 Å². The molecule has 5 heteroatoms. The van der Waals surface area contributed by atoms with E-state index in [0.29, 0.717) is 18.7 Å². The zero-order valence-corrected chi connectivity index (χ0v) is 11.5. The van der Waals surface area contributed by atoms with Crippen LogP contribution in [0.5, 0.6) is 11.5 Å². The van der Waals surface area contributed by atoms with E-state index < -0.39 is 0 Å². The zero-order chi connectivity index (χ0) is 14.1. The smallest absolute Gasteiger partial charge is 0.254 e. The highest BCUT2D eigenvalue weighted by Gasteiger charge is 2.28. The average molecular weight is 276 g/mol. The first kappa shape index (κ1) is 13.2. The summed E-state index contributed by atoms with van der Waals surface area (Å²) < 4.78 is 0. The molecule has 20 heavy (non-hydrogen) atoms. The summed E-state index contributed by atoms with van der Waals surface area (Å²) in [5.74, 6) is 0.587. The summed E-state index contributed by atoms with van der Waals surface area (Å²) in [6.45, 7) is 4.40. The third-order valence-electron chi connectivity index (χ3n) is 4.02. The monoisotopic (exact) mass is 276 g/mol. The van der Waals surface area contributed by atoms with Gasteiger partial charge in [-0.2, -0.15) is 0 Å². The zero-order valence-electron chi connectivity index (χ0n) is 11.5. The van der Waals surface area contributed by atoms with Crippen LogP contribution in [-0.4, -0.2) is 58.6 Å². The van der Waals surface area contributed by atoms with Crippen molar-refractivity contribution in [1.29, 1.82) is 0 Å². The van der Waals surface area contributed by atoms with Gasteiger partial charge in [-0.25, -0.2) is 0 Å². The lowest BCUT2D eigenvalue weighted by Crippen LogP contribution is -2.49. The Morgan fingerprint density at radius 2 is 1.65 bits per heavy atom. The quantitative estimate of drug-likeness (QED) is 0.872. The maximum Gasteiger partial charge on any atom is 0.254 e. The van der Waals surface area contributed by atoms with Gasteiger partial charge in [-0.3, -0.25) is 9.69 Å². The molecule has 0 spiro atoms. The number of piperazine rings is 1. The maximum absolute atomic E-state index is 12.3. The minimum atomic E-state index is -0.123. The standard InChI is InChI=1S/C15H20N2O3/c18-13-7-12(8-14(19)9-13)15(20)17-5-3-16(4-6-17)10-11-1-2-11/h7-9,11,18-19H,1-6,10H2. The van der Waals surface area contributed by atoms with Gasteiger partial charge in [0.1, 0.15) is 11.5 Å². The molecule has 0 bridgehead atoms. The average Bonchev–Trinajstić information content (AvgIpc) is 3.22. The molecule has 0 radical (unpaired) electrons. The summed E-state index contributed by atoms with van der Waals surface area (Å²) in [5.41, 5.74) is 0.346. The summed E-state index contributed by atoms with van der Waals surface area (Å²) in [6.07, 6.45) is 2.70. The van der Waals surface area contributed by atoms with E-state index in [-0.39, 0.29) is 17.4 Å². The third-order valence-corrected chi connectivity index (χ3v) is 4.02. The minimum absolute atomic E-state index is 0.0827. The number of phenols is 2. The SMILES string of the molecule is O=C(c1cc(O)cc(O)c1)N1CCN(CC2CC2)CC1. The van der Waals surface area contributed by atoms with Crippen molar-refractivity contribution in [1.82, 2.24) is 9.80 Å². The number of aromatic hydroxyl groups is 2. The molecule has 1 heterocycles. The van der Waals surface area contributed by atoms with Gasteiger partial charge in [-0.05, 0) is 30.9 Å². The summed E-state index contributed by atoms with van der Waals surface area (Å²) in [5, 5.41) is 18.9. The van der Waals surface area contributed by atoms with Crippen molar-refractivity contribution in [3.8, 4) is 11.5 Å². The van der Waals surface area contributed by atoms with Crippen LogP contribution < -0.4 is 0 Å². The van der Waals surface area contributed by atoms with Crippen LogP contribution >= 0.6 is 0 Å². The highest BCUT2D eigenvalue weighted by molar-refractivity contribution is 5.95. The van der Waals surface area contributed by atoms with Crippen LogP contribution in [0.4, 0.5) is 0 Å². The lowest BCUT2D eigenvalue weighted by molar-refractivity contribution is 0.0631. The molecule has 0 unspecified atom stereocenters. The van der Waals surface area contributed by atoms with E-state index in [9.17, 15) is 15.0 Å². The summed E-state index contributed by atoms with van der Waals surface area (Å²) in [6, 6.07) is 4.03. The molecule has 2 aliphatic rings. The number of hydrogen-bond acceptors (Lipinski definition) is 4. The van der Waals surface area contributed by atoms with Gasteiger partial charge in [-0.1, -0.05) is 0 Å². The predicted molar refractivity (Wildman–Crippen MR) is 74.8 cm³/mol. The lowest BCUT2D eigenvalue weighted by atomic mass is 10.1. The van der Waals surface area contributed by atoms with E-state index in [4.69, 9.17) is 0 Å². The van der Waals surface area contributed by atoms with Crippen molar-refractivity contribution in [3.63, 3.8) is 0 Å². The number of carbonyl (C=O) groups is 1.